The van der Waals surface area contributed by atoms with Crippen LogP contribution < -0.4 is 5.56 Å². The maximum absolute atomic E-state index is 13.4. The minimum Gasteiger partial charge on any atom is -0.464 e. The highest BCUT2D eigenvalue weighted by atomic mass is 16.5. The lowest BCUT2D eigenvalue weighted by Crippen LogP contribution is -2.20. The van der Waals surface area contributed by atoms with Gasteiger partial charge in [0.1, 0.15) is 6.04 Å². The molecular formula is C28H24N4O3. The predicted molar refractivity (Wildman–Crippen MR) is 138 cm³/mol. The normalized spacial score (nSPS) is 12.4. The lowest BCUT2D eigenvalue weighted by Gasteiger charge is -2.13. The number of carbonyl (C=O) groups excluding carboxylic acids is 1. The van der Waals surface area contributed by atoms with Crippen LogP contribution in [0.1, 0.15) is 25.5 Å². The first-order valence-electron chi connectivity index (χ1n) is 11.5. The van der Waals surface area contributed by atoms with Crippen LogP contribution in [-0.4, -0.2) is 33.0 Å². The van der Waals surface area contributed by atoms with Gasteiger partial charge in [-0.3, -0.25) is 4.79 Å². The molecule has 0 spiro atoms. The monoisotopic (exact) mass is 464 g/mol. The van der Waals surface area contributed by atoms with E-state index in [1.54, 1.807) is 26.1 Å². The average molecular weight is 465 g/mol. The maximum Gasteiger partial charge on any atom is 0.328 e. The van der Waals surface area contributed by atoms with Crippen molar-refractivity contribution < 1.29 is 9.53 Å². The molecule has 0 aliphatic rings. The zero-order chi connectivity index (χ0) is 24.4. The molecule has 0 aliphatic heterocycles. The van der Waals surface area contributed by atoms with Crippen molar-refractivity contribution in [2.75, 3.05) is 6.61 Å². The minimum absolute atomic E-state index is 0.255. The number of fused-ring (bicyclic) bond motifs is 2. The van der Waals surface area contributed by atoms with Crippen molar-refractivity contribution in [2.24, 2.45) is 5.10 Å². The Morgan fingerprint density at radius 3 is 2.46 bits per heavy atom. The van der Waals surface area contributed by atoms with E-state index >= 15 is 0 Å². The first kappa shape index (κ1) is 22.3. The largest absolute Gasteiger partial charge is 0.464 e. The summed E-state index contributed by atoms with van der Waals surface area (Å²) < 4.78 is 8.42. The third-order valence-corrected chi connectivity index (χ3v) is 5.91. The highest BCUT2D eigenvalue weighted by molar-refractivity contribution is 6.00. The number of para-hydroxylation sites is 2. The Balaban J connectivity index is 1.67. The number of rotatable bonds is 6. The van der Waals surface area contributed by atoms with Crippen LogP contribution in [0.2, 0.25) is 0 Å². The van der Waals surface area contributed by atoms with Gasteiger partial charge in [0, 0.05) is 28.2 Å². The molecule has 5 aromatic rings. The zero-order valence-corrected chi connectivity index (χ0v) is 19.5. The molecule has 0 amide bonds. The van der Waals surface area contributed by atoms with Crippen LogP contribution in [0, 0.1) is 0 Å². The van der Waals surface area contributed by atoms with E-state index in [0.29, 0.717) is 23.3 Å². The fourth-order valence-corrected chi connectivity index (χ4v) is 4.16. The Bertz CT molecular complexity index is 1620. The number of hydrogen-bond acceptors (Lipinski definition) is 5. The quantitative estimate of drug-likeness (QED) is 0.261. The van der Waals surface area contributed by atoms with E-state index in [1.807, 2.05) is 83.6 Å². The fraction of sp³-hybridized carbons (Fsp3) is 0.143. The van der Waals surface area contributed by atoms with Crippen molar-refractivity contribution in [1.29, 1.82) is 0 Å². The molecule has 0 bridgehead atoms. The SMILES string of the molecule is CCOC(=O)[C@@H](C)n1cc(C=Nn2c(-c3ccccc3)nc3ccccc3c2=O)c2ccccc21. The zero-order valence-electron chi connectivity index (χ0n) is 19.5. The smallest absolute Gasteiger partial charge is 0.328 e. The first-order chi connectivity index (χ1) is 17.1. The molecule has 0 aliphatic carbocycles. The van der Waals surface area contributed by atoms with Crippen molar-refractivity contribution >= 4 is 34.0 Å². The second-order valence-electron chi connectivity index (χ2n) is 8.12. The minimum atomic E-state index is -0.507. The van der Waals surface area contributed by atoms with Gasteiger partial charge in [-0.15, -0.1) is 0 Å². The van der Waals surface area contributed by atoms with Crippen LogP contribution in [0.15, 0.2) is 95.0 Å². The molecule has 35 heavy (non-hydrogen) atoms. The molecule has 0 N–H and O–H groups in total. The third-order valence-electron chi connectivity index (χ3n) is 5.91. The second-order valence-corrected chi connectivity index (χ2v) is 8.12. The number of carbonyl (C=O) groups is 1. The van der Waals surface area contributed by atoms with Gasteiger partial charge in [0.05, 0.1) is 23.7 Å². The highest BCUT2D eigenvalue weighted by Crippen LogP contribution is 2.25. The first-order valence-corrected chi connectivity index (χ1v) is 11.5. The van der Waals surface area contributed by atoms with Gasteiger partial charge in [-0.2, -0.15) is 9.78 Å². The van der Waals surface area contributed by atoms with E-state index in [-0.39, 0.29) is 11.5 Å². The molecule has 0 unspecified atom stereocenters. The third kappa shape index (κ3) is 4.12. The summed E-state index contributed by atoms with van der Waals surface area (Å²) in [6, 6.07) is 24.0. The van der Waals surface area contributed by atoms with Gasteiger partial charge in [-0.05, 0) is 32.0 Å². The molecule has 174 valence electrons. The summed E-state index contributed by atoms with van der Waals surface area (Å²) in [6.07, 6.45) is 3.50. The number of esters is 1. The molecule has 0 saturated heterocycles. The Labute approximate surface area is 201 Å². The van der Waals surface area contributed by atoms with Gasteiger partial charge < -0.3 is 9.30 Å². The van der Waals surface area contributed by atoms with Crippen LogP contribution >= 0.6 is 0 Å². The molecule has 2 heterocycles. The summed E-state index contributed by atoms with van der Waals surface area (Å²) in [4.78, 5) is 30.6. The standard InChI is InChI=1S/C28H24N4O3/c1-3-35-28(34)19(2)31-18-21(22-13-8-10-16-25(22)31)17-29-32-26(20-11-5-4-6-12-20)30-24-15-9-7-14-23(24)27(32)33/h4-19H,3H2,1-2H3/t19-/m1/s1. The van der Waals surface area contributed by atoms with Crippen molar-refractivity contribution in [2.45, 2.75) is 19.9 Å². The topological polar surface area (TPSA) is 78.5 Å². The van der Waals surface area contributed by atoms with Crippen LogP contribution in [0.25, 0.3) is 33.2 Å². The van der Waals surface area contributed by atoms with Crippen molar-refractivity contribution in [3.8, 4) is 11.4 Å². The Morgan fingerprint density at radius 2 is 1.69 bits per heavy atom. The summed E-state index contributed by atoms with van der Waals surface area (Å²) in [7, 11) is 0. The summed E-state index contributed by atoms with van der Waals surface area (Å²) in [6.45, 7) is 3.91. The van der Waals surface area contributed by atoms with Gasteiger partial charge in [0.25, 0.3) is 5.56 Å². The predicted octanol–water partition coefficient (Wildman–Crippen LogP) is 5.02. The van der Waals surface area contributed by atoms with E-state index in [0.717, 1.165) is 22.0 Å². The molecule has 2 aromatic heterocycles. The van der Waals surface area contributed by atoms with E-state index < -0.39 is 6.04 Å². The molecule has 0 saturated carbocycles. The van der Waals surface area contributed by atoms with Gasteiger partial charge in [0.2, 0.25) is 0 Å². The van der Waals surface area contributed by atoms with Crippen LogP contribution in [0.3, 0.4) is 0 Å². The number of hydrogen-bond donors (Lipinski definition) is 0. The lowest BCUT2D eigenvalue weighted by molar-refractivity contribution is -0.146. The summed E-state index contributed by atoms with van der Waals surface area (Å²) in [5, 5.41) is 5.99. The summed E-state index contributed by atoms with van der Waals surface area (Å²) >= 11 is 0. The second kappa shape index (κ2) is 9.38. The molecule has 0 radical (unpaired) electrons. The van der Waals surface area contributed by atoms with Gasteiger partial charge in [0.15, 0.2) is 5.82 Å². The van der Waals surface area contributed by atoms with Gasteiger partial charge in [-0.25, -0.2) is 9.78 Å². The number of ether oxygens (including phenoxy) is 1. The summed E-state index contributed by atoms with van der Waals surface area (Å²) in [5.74, 6) is 0.146. The molecule has 5 rings (SSSR count). The molecule has 7 heteroatoms. The molecule has 3 aromatic carbocycles. The lowest BCUT2D eigenvalue weighted by atomic mass is 10.2. The molecule has 1 atom stereocenters. The highest BCUT2D eigenvalue weighted by Gasteiger charge is 2.19. The number of aromatic nitrogens is 3. The van der Waals surface area contributed by atoms with E-state index in [4.69, 9.17) is 9.72 Å². The summed E-state index contributed by atoms with van der Waals surface area (Å²) in [5.41, 5.74) is 2.79. The van der Waals surface area contributed by atoms with E-state index in [9.17, 15) is 9.59 Å². The van der Waals surface area contributed by atoms with Crippen molar-refractivity contribution in [1.82, 2.24) is 14.2 Å². The van der Waals surface area contributed by atoms with E-state index in [1.165, 1.54) is 4.68 Å². The van der Waals surface area contributed by atoms with Crippen LogP contribution in [0.5, 0.6) is 0 Å². The molecule has 0 fully saturated rings. The maximum atomic E-state index is 13.4. The molecular weight excluding hydrogens is 440 g/mol. The number of nitrogens with zero attached hydrogens (tertiary/aromatic N) is 4. The number of benzene rings is 3. The van der Waals surface area contributed by atoms with Gasteiger partial charge in [-0.1, -0.05) is 60.7 Å². The fourth-order valence-electron chi connectivity index (χ4n) is 4.16. The average Bonchev–Trinajstić information content (AvgIpc) is 3.27. The van der Waals surface area contributed by atoms with Crippen LogP contribution in [0.4, 0.5) is 0 Å². The van der Waals surface area contributed by atoms with Crippen LogP contribution in [-0.2, 0) is 9.53 Å². The Morgan fingerprint density at radius 1 is 1.00 bits per heavy atom. The Kier molecular flexibility index (Phi) is 5.97. The van der Waals surface area contributed by atoms with E-state index in [2.05, 4.69) is 5.10 Å². The molecule has 7 nitrogen and oxygen atoms in total. The van der Waals surface area contributed by atoms with Crippen molar-refractivity contribution in [3.63, 3.8) is 0 Å². The van der Waals surface area contributed by atoms with Crippen molar-refractivity contribution in [3.05, 3.63) is 101 Å². The van der Waals surface area contributed by atoms with Gasteiger partial charge >= 0.3 is 5.97 Å². The Hall–Kier alpha value is -4.52.